The lowest BCUT2D eigenvalue weighted by molar-refractivity contribution is -0.0235. The van der Waals surface area contributed by atoms with E-state index in [2.05, 4.69) is 27.5 Å². The van der Waals surface area contributed by atoms with E-state index < -0.39 is 5.60 Å². The number of fused-ring (bicyclic) bond motifs is 1. The van der Waals surface area contributed by atoms with Crippen LogP contribution in [-0.4, -0.2) is 26.9 Å². The van der Waals surface area contributed by atoms with Gasteiger partial charge in [-0.2, -0.15) is 0 Å². The van der Waals surface area contributed by atoms with Crippen LogP contribution in [0.3, 0.4) is 0 Å². The summed E-state index contributed by atoms with van der Waals surface area (Å²) in [5, 5.41) is 24.3. The Morgan fingerprint density at radius 1 is 1.08 bits per heavy atom. The Morgan fingerprint density at radius 3 is 2.40 bits per heavy atom. The van der Waals surface area contributed by atoms with Gasteiger partial charge in [-0.15, -0.1) is 16.6 Å². The molecule has 124 valence electrons. The molecule has 1 aromatic heterocycles. The average molecular weight is 329 g/mol. The zero-order valence-corrected chi connectivity index (χ0v) is 14.0. The fraction of sp³-hybridized carbons (Fsp3) is 0.238. The van der Waals surface area contributed by atoms with Crippen molar-refractivity contribution in [2.24, 2.45) is 0 Å². The third-order valence-electron chi connectivity index (χ3n) is 4.73. The molecule has 1 saturated carbocycles. The first kappa shape index (κ1) is 15.6. The van der Waals surface area contributed by atoms with E-state index in [1.165, 1.54) is 0 Å². The molecule has 0 saturated heterocycles. The first-order valence-corrected chi connectivity index (χ1v) is 8.37. The molecule has 2 N–H and O–H groups in total. The van der Waals surface area contributed by atoms with Crippen molar-refractivity contribution in [3.05, 3.63) is 54.1 Å². The quantitative estimate of drug-likeness (QED) is 0.721. The molecule has 0 aliphatic heterocycles. The van der Waals surface area contributed by atoms with E-state index in [0.29, 0.717) is 0 Å². The summed E-state index contributed by atoms with van der Waals surface area (Å²) in [7, 11) is 0. The van der Waals surface area contributed by atoms with Gasteiger partial charge in [0.25, 0.3) is 0 Å². The minimum atomic E-state index is -0.570. The molecule has 1 aliphatic rings. The summed E-state index contributed by atoms with van der Waals surface area (Å²) in [4.78, 5) is 0. The monoisotopic (exact) mass is 329 g/mol. The molecule has 1 aliphatic carbocycles. The molecule has 3 aromatic rings. The van der Waals surface area contributed by atoms with Crippen LogP contribution in [0.25, 0.3) is 22.0 Å². The summed E-state index contributed by atoms with van der Waals surface area (Å²) in [6.45, 7) is 1.86. The normalized spacial score (nSPS) is 22.2. The van der Waals surface area contributed by atoms with E-state index in [4.69, 9.17) is 6.42 Å². The maximum absolute atomic E-state index is 9.92. The lowest BCUT2D eigenvalue weighted by Gasteiger charge is -2.41. The van der Waals surface area contributed by atoms with E-state index in [1.807, 2.05) is 49.4 Å². The smallest absolute Gasteiger partial charge is 0.156 e. The van der Waals surface area contributed by atoms with Crippen LogP contribution in [-0.2, 0) is 0 Å². The molecule has 25 heavy (non-hydrogen) atoms. The van der Waals surface area contributed by atoms with Crippen molar-refractivity contribution in [1.82, 2.24) is 10.2 Å². The van der Waals surface area contributed by atoms with Crippen molar-refractivity contribution >= 4 is 16.6 Å². The summed E-state index contributed by atoms with van der Waals surface area (Å²) < 4.78 is 0. The second kappa shape index (κ2) is 5.87. The molecule has 4 heteroatoms. The van der Waals surface area contributed by atoms with Gasteiger partial charge in [-0.1, -0.05) is 42.3 Å². The predicted octanol–water partition coefficient (Wildman–Crippen LogP) is 3.60. The van der Waals surface area contributed by atoms with Gasteiger partial charge in [0.2, 0.25) is 0 Å². The zero-order chi connectivity index (χ0) is 17.4. The Bertz CT molecular complexity index is 963. The molecule has 4 rings (SSSR count). The van der Waals surface area contributed by atoms with Crippen molar-refractivity contribution in [1.29, 1.82) is 0 Å². The summed E-state index contributed by atoms with van der Waals surface area (Å²) in [5.41, 5.74) is 2.10. The van der Waals surface area contributed by atoms with Crippen molar-refractivity contribution in [2.75, 3.05) is 5.32 Å². The number of hydrogen-bond donors (Lipinski definition) is 2. The Kier molecular flexibility index (Phi) is 3.67. The highest BCUT2D eigenvalue weighted by Crippen LogP contribution is 2.36. The van der Waals surface area contributed by atoms with Gasteiger partial charge < -0.3 is 10.4 Å². The van der Waals surface area contributed by atoms with Crippen LogP contribution in [0.1, 0.15) is 25.3 Å². The molecule has 0 unspecified atom stereocenters. The van der Waals surface area contributed by atoms with E-state index in [0.717, 1.165) is 46.3 Å². The molecule has 0 atom stereocenters. The van der Waals surface area contributed by atoms with E-state index in [1.54, 1.807) is 0 Å². The largest absolute Gasteiger partial charge is 0.390 e. The van der Waals surface area contributed by atoms with Crippen LogP contribution in [0.15, 0.2) is 48.5 Å². The predicted molar refractivity (Wildman–Crippen MR) is 100 cm³/mol. The fourth-order valence-corrected chi connectivity index (χ4v) is 3.45. The number of benzene rings is 2. The van der Waals surface area contributed by atoms with E-state index in [-0.39, 0.29) is 6.04 Å². The standard InChI is InChI=1S/C21H19N3O/c1-3-14-8-10-15(11-9-14)19-17-6-4-5-7-18(17)20(24-23-19)22-16-12-21(2,25)13-16/h1,4-11,16,25H,12-13H2,2H3,(H,22,24)/t16-,21+. The lowest BCUT2D eigenvalue weighted by Crippen LogP contribution is -2.48. The fourth-order valence-electron chi connectivity index (χ4n) is 3.45. The van der Waals surface area contributed by atoms with Crippen LogP contribution >= 0.6 is 0 Å². The maximum Gasteiger partial charge on any atom is 0.156 e. The highest BCUT2D eigenvalue weighted by Gasteiger charge is 2.38. The molecule has 2 aromatic carbocycles. The van der Waals surface area contributed by atoms with Crippen molar-refractivity contribution in [3.8, 4) is 23.6 Å². The minimum absolute atomic E-state index is 0.230. The Hall–Kier alpha value is -2.90. The third-order valence-corrected chi connectivity index (χ3v) is 4.73. The first-order chi connectivity index (χ1) is 12.1. The van der Waals surface area contributed by atoms with Crippen LogP contribution < -0.4 is 5.32 Å². The van der Waals surface area contributed by atoms with Gasteiger partial charge in [0, 0.05) is 27.9 Å². The first-order valence-electron chi connectivity index (χ1n) is 8.37. The zero-order valence-electron chi connectivity index (χ0n) is 14.0. The second-order valence-corrected chi connectivity index (χ2v) is 6.91. The number of aromatic nitrogens is 2. The molecular weight excluding hydrogens is 310 g/mol. The van der Waals surface area contributed by atoms with Crippen LogP contribution in [0.2, 0.25) is 0 Å². The number of hydrogen-bond acceptors (Lipinski definition) is 4. The van der Waals surface area contributed by atoms with Crippen LogP contribution in [0, 0.1) is 12.3 Å². The molecule has 1 heterocycles. The SMILES string of the molecule is C#Cc1ccc(-c2nnc(N[C@H]3C[C@@](C)(O)C3)c3ccccc23)cc1. The topological polar surface area (TPSA) is 58.0 Å². The molecule has 1 fully saturated rings. The molecule has 0 radical (unpaired) electrons. The van der Waals surface area contributed by atoms with Gasteiger partial charge in [0.1, 0.15) is 5.69 Å². The van der Waals surface area contributed by atoms with Gasteiger partial charge in [0.05, 0.1) is 5.60 Å². The number of terminal acetylenes is 1. The Morgan fingerprint density at radius 2 is 1.76 bits per heavy atom. The van der Waals surface area contributed by atoms with Gasteiger partial charge in [-0.05, 0) is 31.9 Å². The van der Waals surface area contributed by atoms with Crippen LogP contribution in [0.5, 0.6) is 0 Å². The highest BCUT2D eigenvalue weighted by molar-refractivity contribution is 6.00. The molecule has 0 bridgehead atoms. The van der Waals surface area contributed by atoms with E-state index >= 15 is 0 Å². The molecule has 0 spiro atoms. The van der Waals surface area contributed by atoms with Gasteiger partial charge >= 0.3 is 0 Å². The second-order valence-electron chi connectivity index (χ2n) is 6.91. The van der Waals surface area contributed by atoms with E-state index in [9.17, 15) is 5.11 Å². The van der Waals surface area contributed by atoms with Gasteiger partial charge in [-0.25, -0.2) is 0 Å². The lowest BCUT2D eigenvalue weighted by atomic mass is 9.77. The number of rotatable bonds is 3. The summed E-state index contributed by atoms with van der Waals surface area (Å²) in [6, 6.07) is 16.1. The third kappa shape index (κ3) is 2.95. The van der Waals surface area contributed by atoms with Crippen molar-refractivity contribution in [2.45, 2.75) is 31.4 Å². The number of nitrogens with zero attached hydrogens (tertiary/aromatic N) is 2. The maximum atomic E-state index is 9.92. The molecular formula is C21H19N3O. The Balaban J connectivity index is 1.73. The summed E-state index contributed by atoms with van der Waals surface area (Å²) in [6.07, 6.45) is 6.87. The summed E-state index contributed by atoms with van der Waals surface area (Å²) in [5.74, 6) is 3.39. The Labute approximate surface area is 146 Å². The molecule has 4 nitrogen and oxygen atoms in total. The summed E-state index contributed by atoms with van der Waals surface area (Å²) >= 11 is 0. The number of anilines is 1. The van der Waals surface area contributed by atoms with Gasteiger partial charge in [-0.3, -0.25) is 0 Å². The average Bonchev–Trinajstić information content (AvgIpc) is 2.60. The minimum Gasteiger partial charge on any atom is -0.390 e. The van der Waals surface area contributed by atoms with Gasteiger partial charge in [0.15, 0.2) is 5.82 Å². The van der Waals surface area contributed by atoms with Crippen LogP contribution in [0.4, 0.5) is 5.82 Å². The van der Waals surface area contributed by atoms with Crippen molar-refractivity contribution < 1.29 is 5.11 Å². The number of nitrogens with one attached hydrogen (secondary N) is 1. The number of aliphatic hydroxyl groups is 1. The molecule has 0 amide bonds. The van der Waals surface area contributed by atoms with Crippen molar-refractivity contribution in [3.63, 3.8) is 0 Å². The highest BCUT2D eigenvalue weighted by atomic mass is 16.3.